The van der Waals surface area contributed by atoms with Gasteiger partial charge in [-0.2, -0.15) is 0 Å². The summed E-state index contributed by atoms with van der Waals surface area (Å²) in [5.41, 5.74) is 4.24. The fraction of sp³-hybridized carbons (Fsp3) is 0.273. The SMILES string of the molecule is Nc1cc(F)c(N2C=CCCC2)c(F)c1F. The summed E-state index contributed by atoms with van der Waals surface area (Å²) in [5, 5.41) is 0. The third kappa shape index (κ3) is 1.73. The standard InChI is InChI=1S/C11H11F3N2/c12-7-6-8(15)9(13)10(14)11(7)16-4-2-1-3-5-16/h2,4,6H,1,3,5,15H2. The van der Waals surface area contributed by atoms with Crippen LogP contribution in [0.2, 0.25) is 0 Å². The molecule has 0 saturated carbocycles. The van der Waals surface area contributed by atoms with Crippen LogP contribution in [0.4, 0.5) is 24.5 Å². The number of hydrogen-bond acceptors (Lipinski definition) is 2. The van der Waals surface area contributed by atoms with Crippen LogP contribution in [0.1, 0.15) is 12.8 Å². The van der Waals surface area contributed by atoms with Gasteiger partial charge in [-0.1, -0.05) is 6.08 Å². The molecule has 0 amide bonds. The molecule has 0 spiro atoms. The van der Waals surface area contributed by atoms with Crippen LogP contribution in [-0.4, -0.2) is 6.54 Å². The summed E-state index contributed by atoms with van der Waals surface area (Å²) in [5.74, 6) is -3.28. The summed E-state index contributed by atoms with van der Waals surface area (Å²) >= 11 is 0. The quantitative estimate of drug-likeness (QED) is 0.591. The summed E-state index contributed by atoms with van der Waals surface area (Å²) in [6.07, 6.45) is 4.98. The first-order valence-electron chi connectivity index (χ1n) is 4.97. The smallest absolute Gasteiger partial charge is 0.187 e. The topological polar surface area (TPSA) is 29.3 Å². The number of benzene rings is 1. The van der Waals surface area contributed by atoms with Crippen LogP contribution in [0.15, 0.2) is 18.3 Å². The minimum Gasteiger partial charge on any atom is -0.396 e. The highest BCUT2D eigenvalue weighted by molar-refractivity contribution is 5.58. The van der Waals surface area contributed by atoms with Crippen molar-refractivity contribution < 1.29 is 13.2 Å². The van der Waals surface area contributed by atoms with Crippen molar-refractivity contribution in [3.63, 3.8) is 0 Å². The van der Waals surface area contributed by atoms with Crippen molar-refractivity contribution in [1.82, 2.24) is 0 Å². The van der Waals surface area contributed by atoms with Gasteiger partial charge in [-0.05, 0) is 12.8 Å². The maximum absolute atomic E-state index is 13.5. The summed E-state index contributed by atoms with van der Waals surface area (Å²) in [6, 6.07) is 0.802. The zero-order valence-electron chi connectivity index (χ0n) is 8.51. The van der Waals surface area contributed by atoms with Gasteiger partial charge in [0.1, 0.15) is 5.69 Å². The van der Waals surface area contributed by atoms with E-state index < -0.39 is 23.1 Å². The van der Waals surface area contributed by atoms with Crippen LogP contribution in [0.3, 0.4) is 0 Å². The summed E-state index contributed by atoms with van der Waals surface area (Å²) < 4.78 is 40.3. The van der Waals surface area contributed by atoms with Crippen molar-refractivity contribution in [1.29, 1.82) is 0 Å². The van der Waals surface area contributed by atoms with E-state index in [9.17, 15) is 13.2 Å². The van der Waals surface area contributed by atoms with Crippen molar-refractivity contribution in [2.24, 2.45) is 0 Å². The molecule has 2 nitrogen and oxygen atoms in total. The van der Waals surface area contributed by atoms with Gasteiger partial charge in [0.05, 0.1) is 5.69 Å². The lowest BCUT2D eigenvalue weighted by Crippen LogP contribution is -2.23. The summed E-state index contributed by atoms with van der Waals surface area (Å²) in [4.78, 5) is 1.36. The molecule has 0 atom stereocenters. The molecular weight excluding hydrogens is 217 g/mol. The zero-order valence-corrected chi connectivity index (χ0v) is 8.51. The van der Waals surface area contributed by atoms with Crippen molar-refractivity contribution in [3.8, 4) is 0 Å². The van der Waals surface area contributed by atoms with E-state index in [1.165, 1.54) is 4.90 Å². The zero-order chi connectivity index (χ0) is 11.7. The molecule has 86 valence electrons. The maximum atomic E-state index is 13.5. The summed E-state index contributed by atoms with van der Waals surface area (Å²) in [7, 11) is 0. The minimum atomic E-state index is -1.23. The normalized spacial score (nSPS) is 15.6. The Morgan fingerprint density at radius 2 is 1.94 bits per heavy atom. The lowest BCUT2D eigenvalue weighted by atomic mass is 10.1. The Balaban J connectivity index is 2.51. The minimum absolute atomic E-state index is 0.373. The van der Waals surface area contributed by atoms with Crippen molar-refractivity contribution in [2.75, 3.05) is 17.2 Å². The number of anilines is 2. The molecule has 1 aliphatic rings. The number of halogens is 3. The first-order chi connectivity index (χ1) is 7.61. The molecule has 16 heavy (non-hydrogen) atoms. The van der Waals surface area contributed by atoms with E-state index in [-0.39, 0.29) is 5.69 Å². The number of nitrogen functional groups attached to an aromatic ring is 1. The van der Waals surface area contributed by atoms with Gasteiger partial charge in [0.15, 0.2) is 17.5 Å². The molecule has 2 N–H and O–H groups in total. The fourth-order valence-corrected chi connectivity index (χ4v) is 1.71. The molecule has 0 aliphatic carbocycles. The second-order valence-electron chi connectivity index (χ2n) is 3.64. The monoisotopic (exact) mass is 228 g/mol. The number of rotatable bonds is 1. The van der Waals surface area contributed by atoms with E-state index in [1.807, 2.05) is 0 Å². The Labute approximate surface area is 91.2 Å². The third-order valence-corrected chi connectivity index (χ3v) is 2.50. The van der Waals surface area contributed by atoms with E-state index in [4.69, 9.17) is 5.73 Å². The second-order valence-corrected chi connectivity index (χ2v) is 3.64. The Morgan fingerprint density at radius 1 is 1.19 bits per heavy atom. The molecule has 0 bridgehead atoms. The molecule has 0 aromatic heterocycles. The second kappa shape index (κ2) is 4.08. The lowest BCUT2D eigenvalue weighted by molar-refractivity contribution is 0.497. The predicted molar refractivity (Wildman–Crippen MR) is 56.4 cm³/mol. The average Bonchev–Trinajstić information content (AvgIpc) is 2.28. The lowest BCUT2D eigenvalue weighted by Gasteiger charge is -2.24. The number of nitrogens with two attached hydrogens (primary N) is 1. The molecular formula is C11H11F3N2. The van der Waals surface area contributed by atoms with E-state index in [0.717, 1.165) is 18.9 Å². The van der Waals surface area contributed by atoms with Crippen LogP contribution in [0, 0.1) is 17.5 Å². The first-order valence-corrected chi connectivity index (χ1v) is 4.97. The van der Waals surface area contributed by atoms with E-state index in [1.54, 1.807) is 12.3 Å². The van der Waals surface area contributed by atoms with Crippen LogP contribution in [0.5, 0.6) is 0 Å². The van der Waals surface area contributed by atoms with Gasteiger partial charge in [0.2, 0.25) is 0 Å². The van der Waals surface area contributed by atoms with Crippen LogP contribution in [-0.2, 0) is 0 Å². The van der Waals surface area contributed by atoms with Gasteiger partial charge in [0.25, 0.3) is 0 Å². The highest BCUT2D eigenvalue weighted by atomic mass is 19.2. The Hall–Kier alpha value is -1.65. The van der Waals surface area contributed by atoms with Gasteiger partial charge in [-0.3, -0.25) is 0 Å². The largest absolute Gasteiger partial charge is 0.396 e. The molecule has 5 heteroatoms. The molecule has 0 saturated heterocycles. The van der Waals surface area contributed by atoms with Gasteiger partial charge < -0.3 is 10.6 Å². The van der Waals surface area contributed by atoms with Crippen LogP contribution >= 0.6 is 0 Å². The molecule has 2 rings (SSSR count). The maximum Gasteiger partial charge on any atom is 0.187 e. The Kier molecular flexibility index (Phi) is 2.77. The molecule has 0 unspecified atom stereocenters. The number of allylic oxidation sites excluding steroid dienone is 1. The van der Waals surface area contributed by atoms with Gasteiger partial charge in [-0.25, -0.2) is 13.2 Å². The average molecular weight is 228 g/mol. The highest BCUT2D eigenvalue weighted by Gasteiger charge is 2.21. The van der Waals surface area contributed by atoms with Gasteiger partial charge >= 0.3 is 0 Å². The molecule has 0 fully saturated rings. The van der Waals surface area contributed by atoms with Crippen molar-refractivity contribution in [2.45, 2.75) is 12.8 Å². The number of hydrogen-bond donors (Lipinski definition) is 1. The highest BCUT2D eigenvalue weighted by Crippen LogP contribution is 2.30. The molecule has 1 heterocycles. The van der Waals surface area contributed by atoms with Crippen LogP contribution < -0.4 is 10.6 Å². The van der Waals surface area contributed by atoms with E-state index >= 15 is 0 Å². The Bertz CT molecular complexity index is 443. The van der Waals surface area contributed by atoms with Crippen molar-refractivity contribution in [3.05, 3.63) is 35.8 Å². The number of nitrogens with zero attached hydrogens (tertiary/aromatic N) is 1. The predicted octanol–water partition coefficient (Wildman–Crippen LogP) is 2.80. The van der Waals surface area contributed by atoms with Crippen molar-refractivity contribution >= 4 is 11.4 Å². The fourth-order valence-electron chi connectivity index (χ4n) is 1.71. The van der Waals surface area contributed by atoms with Gasteiger partial charge in [0, 0.05) is 18.8 Å². The molecule has 1 aromatic carbocycles. The van der Waals surface area contributed by atoms with E-state index in [2.05, 4.69) is 0 Å². The molecule has 0 radical (unpaired) electrons. The molecule has 1 aromatic rings. The van der Waals surface area contributed by atoms with Crippen LogP contribution in [0.25, 0.3) is 0 Å². The third-order valence-electron chi connectivity index (χ3n) is 2.50. The summed E-state index contributed by atoms with van der Waals surface area (Å²) in [6.45, 7) is 0.466. The Morgan fingerprint density at radius 3 is 2.56 bits per heavy atom. The van der Waals surface area contributed by atoms with Gasteiger partial charge in [-0.15, -0.1) is 0 Å². The molecule has 1 aliphatic heterocycles. The van der Waals surface area contributed by atoms with E-state index in [0.29, 0.717) is 6.54 Å². The first kappa shape index (κ1) is 10.9.